The number of hydrogen-bond acceptors (Lipinski definition) is 1. The zero-order valence-electron chi connectivity index (χ0n) is 17.2. The van der Waals surface area contributed by atoms with Crippen molar-refractivity contribution < 1.29 is 0 Å². The van der Waals surface area contributed by atoms with Gasteiger partial charge in [-0.25, -0.2) is 0 Å². The highest BCUT2D eigenvalue weighted by molar-refractivity contribution is 5.98. The van der Waals surface area contributed by atoms with Crippen LogP contribution in [0.5, 0.6) is 0 Å². The zero-order chi connectivity index (χ0) is 20.9. The van der Waals surface area contributed by atoms with Gasteiger partial charge in [-0.3, -0.25) is 0 Å². The number of aryl methyl sites for hydroxylation is 1. The molecule has 30 heavy (non-hydrogen) atoms. The van der Waals surface area contributed by atoms with Crippen LogP contribution < -0.4 is 5.32 Å². The van der Waals surface area contributed by atoms with Crippen LogP contribution in [0.2, 0.25) is 0 Å². The maximum Gasteiger partial charge on any atom is 0.0414 e. The van der Waals surface area contributed by atoms with Gasteiger partial charge in [0.1, 0.15) is 0 Å². The molecule has 0 unspecified atom stereocenters. The Morgan fingerprint density at radius 1 is 0.800 bits per heavy atom. The Morgan fingerprint density at radius 3 is 2.37 bits per heavy atom. The summed E-state index contributed by atoms with van der Waals surface area (Å²) >= 11 is 0. The van der Waals surface area contributed by atoms with Gasteiger partial charge in [-0.05, 0) is 69.8 Å². The van der Waals surface area contributed by atoms with E-state index in [1.165, 1.54) is 27.5 Å². The fourth-order valence-corrected chi connectivity index (χ4v) is 3.77. The van der Waals surface area contributed by atoms with E-state index in [0.717, 1.165) is 22.5 Å². The first kappa shape index (κ1) is 19.5. The number of allylic oxidation sites excluding steroid dienone is 4. The minimum absolute atomic E-state index is 1.06. The molecule has 4 aromatic carbocycles. The molecule has 1 N–H and O–H groups in total. The van der Waals surface area contributed by atoms with Gasteiger partial charge in [0.2, 0.25) is 0 Å². The molecule has 0 heterocycles. The Hall–Kier alpha value is -3.84. The van der Waals surface area contributed by atoms with Gasteiger partial charge in [-0.1, -0.05) is 92.0 Å². The number of benzene rings is 4. The van der Waals surface area contributed by atoms with Crippen LogP contribution in [0.15, 0.2) is 116 Å². The Morgan fingerprint density at radius 2 is 1.63 bits per heavy atom. The van der Waals surface area contributed by atoms with Gasteiger partial charge in [0.15, 0.2) is 0 Å². The van der Waals surface area contributed by atoms with Crippen molar-refractivity contribution in [2.45, 2.75) is 6.92 Å². The lowest BCUT2D eigenvalue weighted by molar-refractivity contribution is 1.43. The summed E-state index contributed by atoms with van der Waals surface area (Å²) in [6.07, 6.45) is 5.67. The summed E-state index contributed by atoms with van der Waals surface area (Å²) in [6, 6.07) is 29.8. The van der Waals surface area contributed by atoms with E-state index < -0.39 is 0 Å². The van der Waals surface area contributed by atoms with Crippen LogP contribution >= 0.6 is 0 Å². The molecular formula is C29H25N. The first-order valence-corrected chi connectivity index (χ1v) is 10.1. The number of nitrogens with one attached hydrogen (secondary N) is 1. The fraction of sp³-hybridized carbons (Fsp3) is 0.0345. The first-order valence-electron chi connectivity index (χ1n) is 10.1. The fourth-order valence-electron chi connectivity index (χ4n) is 3.77. The second-order valence-corrected chi connectivity index (χ2v) is 7.32. The van der Waals surface area contributed by atoms with Crippen molar-refractivity contribution in [3.05, 3.63) is 127 Å². The van der Waals surface area contributed by atoms with Gasteiger partial charge in [-0.15, -0.1) is 0 Å². The van der Waals surface area contributed by atoms with Crippen molar-refractivity contribution >= 4 is 27.7 Å². The molecule has 0 aromatic heterocycles. The van der Waals surface area contributed by atoms with Crippen molar-refractivity contribution in [1.29, 1.82) is 0 Å². The molecule has 0 aliphatic rings. The smallest absolute Gasteiger partial charge is 0.0414 e. The van der Waals surface area contributed by atoms with E-state index in [2.05, 4.69) is 104 Å². The number of fused-ring (bicyclic) bond motifs is 1. The quantitative estimate of drug-likeness (QED) is 0.328. The molecule has 0 spiro atoms. The van der Waals surface area contributed by atoms with Crippen molar-refractivity contribution in [2.24, 2.45) is 0 Å². The largest absolute Gasteiger partial charge is 0.355 e. The minimum Gasteiger partial charge on any atom is -0.355 e. The molecular weight excluding hydrogens is 362 g/mol. The average Bonchev–Trinajstić information content (AvgIpc) is 2.79. The molecule has 1 nitrogen and oxygen atoms in total. The van der Waals surface area contributed by atoms with Gasteiger partial charge in [0.25, 0.3) is 0 Å². The van der Waals surface area contributed by atoms with Crippen LogP contribution in [0, 0.1) is 6.92 Å². The highest BCUT2D eigenvalue weighted by Crippen LogP contribution is 2.31. The average molecular weight is 388 g/mol. The lowest BCUT2D eigenvalue weighted by atomic mass is 9.97. The first-order chi connectivity index (χ1) is 14.7. The van der Waals surface area contributed by atoms with Crippen LogP contribution in [0.4, 0.5) is 11.4 Å². The Balaban J connectivity index is 1.70. The SMILES string of the molecule is C=C/C=C(\C=C)c1cccc2ccc(Nc3ccc(-c4ccccc4)cc3C)cc12. The number of rotatable bonds is 6. The van der Waals surface area contributed by atoms with E-state index in [0.29, 0.717) is 0 Å². The lowest BCUT2D eigenvalue weighted by Gasteiger charge is -2.14. The second kappa shape index (κ2) is 8.67. The molecule has 4 rings (SSSR count). The third kappa shape index (κ3) is 3.97. The third-order valence-corrected chi connectivity index (χ3v) is 5.32. The van der Waals surface area contributed by atoms with Crippen LogP contribution in [-0.4, -0.2) is 0 Å². The molecule has 0 amide bonds. The molecule has 0 fully saturated rings. The molecule has 0 radical (unpaired) electrons. The molecule has 0 saturated carbocycles. The highest BCUT2D eigenvalue weighted by atomic mass is 14.9. The van der Waals surface area contributed by atoms with Gasteiger partial charge >= 0.3 is 0 Å². The normalized spacial score (nSPS) is 11.3. The zero-order valence-corrected chi connectivity index (χ0v) is 17.2. The standard InChI is InChI=1S/C29H25N/c1-4-10-22(5-2)27-14-9-13-24-15-17-26(20-28(24)27)30-29-18-16-25(19-21(29)3)23-11-7-6-8-12-23/h4-20,30H,1-2H2,3H3/b22-10+. The van der Waals surface area contributed by atoms with Crippen LogP contribution in [0.1, 0.15) is 11.1 Å². The van der Waals surface area contributed by atoms with E-state index >= 15 is 0 Å². The van der Waals surface area contributed by atoms with Gasteiger partial charge in [-0.2, -0.15) is 0 Å². The molecule has 0 atom stereocenters. The van der Waals surface area contributed by atoms with Crippen LogP contribution in [-0.2, 0) is 0 Å². The van der Waals surface area contributed by atoms with Crippen molar-refractivity contribution in [2.75, 3.05) is 5.32 Å². The van der Waals surface area contributed by atoms with E-state index in [1.807, 2.05) is 18.2 Å². The maximum atomic E-state index is 3.97. The monoisotopic (exact) mass is 387 g/mol. The topological polar surface area (TPSA) is 12.0 Å². The molecule has 0 aliphatic carbocycles. The van der Waals surface area contributed by atoms with E-state index in [-0.39, 0.29) is 0 Å². The van der Waals surface area contributed by atoms with Crippen molar-refractivity contribution in [1.82, 2.24) is 0 Å². The Labute approximate surface area is 178 Å². The summed E-state index contributed by atoms with van der Waals surface area (Å²) in [6.45, 7) is 9.94. The summed E-state index contributed by atoms with van der Waals surface area (Å²) in [4.78, 5) is 0. The second-order valence-electron chi connectivity index (χ2n) is 7.32. The molecule has 146 valence electrons. The number of hydrogen-bond donors (Lipinski definition) is 1. The summed E-state index contributed by atoms with van der Waals surface area (Å²) in [5.74, 6) is 0. The van der Waals surface area contributed by atoms with Crippen LogP contribution in [0.3, 0.4) is 0 Å². The summed E-state index contributed by atoms with van der Waals surface area (Å²) in [7, 11) is 0. The van der Waals surface area contributed by atoms with E-state index in [9.17, 15) is 0 Å². The summed E-state index contributed by atoms with van der Waals surface area (Å²) in [5.41, 5.74) is 8.06. The lowest BCUT2D eigenvalue weighted by Crippen LogP contribution is -1.94. The Kier molecular flexibility index (Phi) is 5.63. The maximum absolute atomic E-state index is 3.97. The van der Waals surface area contributed by atoms with Gasteiger partial charge in [0.05, 0.1) is 0 Å². The third-order valence-electron chi connectivity index (χ3n) is 5.32. The summed E-state index contributed by atoms with van der Waals surface area (Å²) in [5, 5.41) is 5.98. The highest BCUT2D eigenvalue weighted by Gasteiger charge is 2.07. The minimum atomic E-state index is 1.06. The predicted octanol–water partition coefficient (Wildman–Crippen LogP) is 8.31. The van der Waals surface area contributed by atoms with E-state index in [4.69, 9.17) is 0 Å². The molecule has 4 aromatic rings. The van der Waals surface area contributed by atoms with Gasteiger partial charge < -0.3 is 5.32 Å². The molecule has 0 saturated heterocycles. The van der Waals surface area contributed by atoms with Crippen molar-refractivity contribution in [3.8, 4) is 11.1 Å². The molecule has 1 heteroatoms. The Bertz CT molecular complexity index is 1250. The van der Waals surface area contributed by atoms with Crippen LogP contribution in [0.25, 0.3) is 27.5 Å². The van der Waals surface area contributed by atoms with E-state index in [1.54, 1.807) is 6.08 Å². The molecule has 0 aliphatic heterocycles. The molecule has 0 bridgehead atoms. The van der Waals surface area contributed by atoms with Gasteiger partial charge in [0, 0.05) is 11.4 Å². The summed E-state index contributed by atoms with van der Waals surface area (Å²) < 4.78 is 0. The predicted molar refractivity (Wildman–Crippen MR) is 132 cm³/mol. The number of anilines is 2. The van der Waals surface area contributed by atoms with Crippen molar-refractivity contribution in [3.63, 3.8) is 0 Å².